The zero-order valence-electron chi connectivity index (χ0n) is 14.6. The van der Waals surface area contributed by atoms with E-state index in [0.29, 0.717) is 12.0 Å². The average molecular weight is 353 g/mol. The molecular weight excluding hydrogens is 328 g/mol. The summed E-state index contributed by atoms with van der Waals surface area (Å²) < 4.78 is 25.9. The predicted octanol–water partition coefficient (Wildman–Crippen LogP) is 2.53. The summed E-state index contributed by atoms with van der Waals surface area (Å²) in [4.78, 5) is 26.0. The second-order valence-electron chi connectivity index (χ2n) is 6.84. The molecule has 25 heavy (non-hydrogen) atoms. The molecule has 1 saturated carbocycles. The van der Waals surface area contributed by atoms with Crippen LogP contribution in [0.5, 0.6) is 0 Å². The topological polar surface area (TPSA) is 61.4 Å². The minimum atomic E-state index is -1.04. The van der Waals surface area contributed by atoms with Crippen LogP contribution < -0.4 is 10.6 Å². The summed E-state index contributed by atoms with van der Waals surface area (Å²) in [6.45, 7) is 5.23. The normalized spacial score (nSPS) is 14.0. The molecule has 1 aromatic carbocycles. The van der Waals surface area contributed by atoms with Gasteiger partial charge in [0.1, 0.15) is 0 Å². The summed E-state index contributed by atoms with van der Waals surface area (Å²) in [5.74, 6) is -2.14. The number of nitrogens with zero attached hydrogens (tertiary/aromatic N) is 1. The van der Waals surface area contributed by atoms with E-state index in [1.165, 1.54) is 6.07 Å². The lowest BCUT2D eigenvalue weighted by Gasteiger charge is -2.22. The van der Waals surface area contributed by atoms with E-state index in [0.717, 1.165) is 37.9 Å². The van der Waals surface area contributed by atoms with Crippen molar-refractivity contribution in [2.45, 2.75) is 39.2 Å². The number of benzene rings is 1. The third kappa shape index (κ3) is 6.78. The molecule has 2 amide bonds. The van der Waals surface area contributed by atoms with Crippen LogP contribution in [0.1, 0.15) is 33.1 Å². The Kier molecular flexibility index (Phi) is 6.87. The average Bonchev–Trinajstić information content (AvgIpc) is 3.37. The molecule has 1 aliphatic rings. The van der Waals surface area contributed by atoms with Gasteiger partial charge in [-0.2, -0.15) is 0 Å². The van der Waals surface area contributed by atoms with Gasteiger partial charge in [0.15, 0.2) is 11.6 Å². The molecule has 2 N–H and O–H groups in total. The smallest absolute Gasteiger partial charge is 0.243 e. The van der Waals surface area contributed by atoms with Crippen LogP contribution in [0.3, 0.4) is 0 Å². The summed E-state index contributed by atoms with van der Waals surface area (Å²) in [6, 6.07) is 3.57. The van der Waals surface area contributed by atoms with E-state index in [1.54, 1.807) is 0 Å². The number of hydrogen-bond donors (Lipinski definition) is 2. The minimum Gasteiger partial charge on any atom is -0.346 e. The van der Waals surface area contributed by atoms with Gasteiger partial charge in [-0.05, 0) is 43.9 Å². The highest BCUT2D eigenvalue weighted by atomic mass is 19.2. The summed E-state index contributed by atoms with van der Waals surface area (Å²) in [7, 11) is 0. The molecule has 0 radical (unpaired) electrons. The Morgan fingerprint density at radius 2 is 1.92 bits per heavy atom. The minimum absolute atomic E-state index is 0.148. The van der Waals surface area contributed by atoms with Gasteiger partial charge in [0.05, 0.1) is 13.1 Å². The quantitative estimate of drug-likeness (QED) is 0.717. The first-order valence-corrected chi connectivity index (χ1v) is 8.61. The lowest BCUT2D eigenvalue weighted by molar-refractivity contribution is -0.125. The second-order valence-corrected chi connectivity index (χ2v) is 6.84. The standard InChI is InChI=1S/C18H25F2N3O2/c1-12(2)7-8-23(14-4-5-14)11-18(25)21-10-17(24)22-13-3-6-15(19)16(20)9-13/h3,6,9,12,14H,4-5,7-8,10-11H2,1-2H3,(H,21,25)(H,22,24). The summed E-state index contributed by atoms with van der Waals surface area (Å²) in [5.41, 5.74) is 0.148. The molecular formula is C18H25F2N3O2. The van der Waals surface area contributed by atoms with E-state index >= 15 is 0 Å². The number of hydrogen-bond acceptors (Lipinski definition) is 3. The molecule has 1 aromatic rings. The van der Waals surface area contributed by atoms with Crippen molar-refractivity contribution < 1.29 is 18.4 Å². The van der Waals surface area contributed by atoms with Crippen LogP contribution in [0.4, 0.5) is 14.5 Å². The zero-order valence-corrected chi connectivity index (χ0v) is 14.6. The van der Waals surface area contributed by atoms with Gasteiger partial charge in [0.25, 0.3) is 0 Å². The van der Waals surface area contributed by atoms with E-state index < -0.39 is 17.5 Å². The summed E-state index contributed by atoms with van der Waals surface area (Å²) >= 11 is 0. The monoisotopic (exact) mass is 353 g/mol. The third-order valence-corrected chi connectivity index (χ3v) is 4.05. The van der Waals surface area contributed by atoms with E-state index in [1.807, 2.05) is 0 Å². The predicted molar refractivity (Wildman–Crippen MR) is 92.0 cm³/mol. The molecule has 0 aliphatic heterocycles. The third-order valence-electron chi connectivity index (χ3n) is 4.05. The van der Waals surface area contributed by atoms with Crippen molar-refractivity contribution >= 4 is 17.5 Å². The number of halogens is 2. The Morgan fingerprint density at radius 1 is 1.20 bits per heavy atom. The number of nitrogens with one attached hydrogen (secondary N) is 2. The molecule has 1 fully saturated rings. The molecule has 0 saturated heterocycles. The van der Waals surface area contributed by atoms with E-state index in [2.05, 4.69) is 29.4 Å². The molecule has 0 bridgehead atoms. The molecule has 0 aromatic heterocycles. The highest BCUT2D eigenvalue weighted by Crippen LogP contribution is 2.27. The molecule has 138 valence electrons. The maximum atomic E-state index is 13.1. The highest BCUT2D eigenvalue weighted by molar-refractivity contribution is 5.94. The Labute approximate surface area is 146 Å². The summed E-state index contributed by atoms with van der Waals surface area (Å²) in [6.07, 6.45) is 3.25. The second kappa shape index (κ2) is 8.89. The van der Waals surface area contributed by atoms with Crippen molar-refractivity contribution in [1.82, 2.24) is 10.2 Å². The molecule has 0 spiro atoms. The fraction of sp³-hybridized carbons (Fsp3) is 0.556. The molecule has 5 nitrogen and oxygen atoms in total. The molecule has 0 atom stereocenters. The SMILES string of the molecule is CC(C)CCN(CC(=O)NCC(=O)Nc1ccc(F)c(F)c1)C1CC1. The van der Waals surface area contributed by atoms with Crippen molar-refractivity contribution in [3.05, 3.63) is 29.8 Å². The molecule has 1 aliphatic carbocycles. The molecule has 0 unspecified atom stereocenters. The van der Waals surface area contributed by atoms with Crippen molar-refractivity contribution in [1.29, 1.82) is 0 Å². The van der Waals surface area contributed by atoms with Crippen LogP contribution in [0.25, 0.3) is 0 Å². The van der Waals surface area contributed by atoms with E-state index in [-0.39, 0.29) is 24.7 Å². The first kappa shape index (κ1) is 19.3. The number of anilines is 1. The first-order chi connectivity index (χ1) is 11.8. The van der Waals surface area contributed by atoms with Crippen molar-refractivity contribution in [3.63, 3.8) is 0 Å². The van der Waals surface area contributed by atoms with Crippen LogP contribution in [0.2, 0.25) is 0 Å². The highest BCUT2D eigenvalue weighted by Gasteiger charge is 2.30. The Balaban J connectivity index is 1.74. The number of carbonyl (C=O) groups excluding carboxylic acids is 2. The van der Waals surface area contributed by atoms with Gasteiger partial charge in [0.2, 0.25) is 11.8 Å². The van der Waals surface area contributed by atoms with Gasteiger partial charge < -0.3 is 10.6 Å². The molecule has 2 rings (SSSR count). The molecule has 0 heterocycles. The largest absolute Gasteiger partial charge is 0.346 e. The lowest BCUT2D eigenvalue weighted by atomic mass is 10.1. The van der Waals surface area contributed by atoms with Crippen molar-refractivity contribution in [3.8, 4) is 0 Å². The summed E-state index contributed by atoms with van der Waals surface area (Å²) in [5, 5.41) is 4.99. The lowest BCUT2D eigenvalue weighted by Crippen LogP contribution is -2.41. The maximum Gasteiger partial charge on any atom is 0.243 e. The zero-order chi connectivity index (χ0) is 18.4. The number of amides is 2. The van der Waals surface area contributed by atoms with Crippen LogP contribution >= 0.6 is 0 Å². The van der Waals surface area contributed by atoms with Crippen molar-refractivity contribution in [2.75, 3.05) is 25.0 Å². The Bertz CT molecular complexity index is 618. The van der Waals surface area contributed by atoms with Gasteiger partial charge >= 0.3 is 0 Å². The van der Waals surface area contributed by atoms with Gasteiger partial charge in [-0.25, -0.2) is 8.78 Å². The van der Waals surface area contributed by atoms with E-state index in [9.17, 15) is 18.4 Å². The van der Waals surface area contributed by atoms with Gasteiger partial charge in [-0.3, -0.25) is 14.5 Å². The first-order valence-electron chi connectivity index (χ1n) is 8.61. The fourth-order valence-electron chi connectivity index (χ4n) is 2.45. The van der Waals surface area contributed by atoms with Crippen molar-refractivity contribution in [2.24, 2.45) is 5.92 Å². The van der Waals surface area contributed by atoms with Gasteiger partial charge in [-0.1, -0.05) is 13.8 Å². The van der Waals surface area contributed by atoms with Gasteiger partial charge in [-0.15, -0.1) is 0 Å². The maximum absolute atomic E-state index is 13.1. The Hall–Kier alpha value is -2.02. The van der Waals surface area contributed by atoms with Gasteiger partial charge in [0, 0.05) is 17.8 Å². The van der Waals surface area contributed by atoms with E-state index in [4.69, 9.17) is 0 Å². The van der Waals surface area contributed by atoms with Crippen LogP contribution in [-0.4, -0.2) is 42.4 Å². The Morgan fingerprint density at radius 3 is 2.52 bits per heavy atom. The van der Waals surface area contributed by atoms with Crippen LogP contribution in [0, 0.1) is 17.6 Å². The van der Waals surface area contributed by atoms with Crippen LogP contribution in [0.15, 0.2) is 18.2 Å². The van der Waals surface area contributed by atoms with Crippen LogP contribution in [-0.2, 0) is 9.59 Å². The molecule has 7 heteroatoms. The fourth-order valence-corrected chi connectivity index (χ4v) is 2.45. The number of carbonyl (C=O) groups is 2. The number of rotatable bonds is 9.